The first kappa shape index (κ1) is 17.3. The van der Waals surface area contributed by atoms with Gasteiger partial charge < -0.3 is 24.8 Å². The predicted octanol–water partition coefficient (Wildman–Crippen LogP) is 1.57. The Labute approximate surface area is 123 Å². The highest BCUT2D eigenvalue weighted by Gasteiger charge is 2.22. The second-order valence-electron chi connectivity index (χ2n) is 4.92. The number of carboxylic acid groups (broad SMARTS) is 1. The van der Waals surface area contributed by atoms with E-state index in [1.54, 1.807) is 19.2 Å². The van der Waals surface area contributed by atoms with Crippen molar-refractivity contribution >= 4 is 5.97 Å². The molecule has 1 aromatic carbocycles. The lowest BCUT2D eigenvalue weighted by atomic mass is 9.99. The Morgan fingerprint density at radius 3 is 2.38 bits per heavy atom. The fourth-order valence-corrected chi connectivity index (χ4v) is 2.03. The molecule has 0 aliphatic rings. The number of carbonyl (C=O) groups is 1. The SMILES string of the molecule is COc1ccc(CCC(O)(O)CCCC(=O)O)cc1OC. The summed E-state index contributed by atoms with van der Waals surface area (Å²) in [6.07, 6.45) is 0.766. The lowest BCUT2D eigenvalue weighted by molar-refractivity contribution is -0.171. The Balaban J connectivity index is 2.55. The van der Waals surface area contributed by atoms with Gasteiger partial charge in [0.25, 0.3) is 0 Å². The van der Waals surface area contributed by atoms with Crippen molar-refractivity contribution in [2.45, 2.75) is 37.9 Å². The van der Waals surface area contributed by atoms with E-state index in [1.165, 1.54) is 7.11 Å². The summed E-state index contributed by atoms with van der Waals surface area (Å²) < 4.78 is 10.3. The molecule has 21 heavy (non-hydrogen) atoms. The Bertz CT molecular complexity index is 469. The molecule has 0 saturated heterocycles. The second kappa shape index (κ2) is 7.85. The lowest BCUT2D eigenvalue weighted by Gasteiger charge is -2.21. The number of aliphatic hydroxyl groups is 2. The first-order valence-electron chi connectivity index (χ1n) is 6.75. The van der Waals surface area contributed by atoms with Crippen LogP contribution in [0, 0.1) is 0 Å². The summed E-state index contributed by atoms with van der Waals surface area (Å²) in [6.45, 7) is 0. The van der Waals surface area contributed by atoms with Crippen LogP contribution in [-0.4, -0.2) is 41.3 Å². The van der Waals surface area contributed by atoms with Crippen molar-refractivity contribution in [1.29, 1.82) is 0 Å². The summed E-state index contributed by atoms with van der Waals surface area (Å²) in [5, 5.41) is 28.2. The van der Waals surface area contributed by atoms with Crippen molar-refractivity contribution in [3.63, 3.8) is 0 Å². The van der Waals surface area contributed by atoms with Gasteiger partial charge in [0.1, 0.15) is 0 Å². The van der Waals surface area contributed by atoms with Crippen molar-refractivity contribution < 1.29 is 29.6 Å². The van der Waals surface area contributed by atoms with E-state index in [-0.39, 0.29) is 25.7 Å². The van der Waals surface area contributed by atoms with E-state index in [0.29, 0.717) is 17.9 Å². The third-order valence-electron chi connectivity index (χ3n) is 3.23. The van der Waals surface area contributed by atoms with Gasteiger partial charge in [0.15, 0.2) is 17.3 Å². The number of aliphatic carboxylic acids is 1. The van der Waals surface area contributed by atoms with Gasteiger partial charge in [-0.25, -0.2) is 0 Å². The fraction of sp³-hybridized carbons (Fsp3) is 0.533. The molecule has 0 bridgehead atoms. The number of ether oxygens (including phenoxy) is 2. The van der Waals surface area contributed by atoms with Gasteiger partial charge in [-0.2, -0.15) is 0 Å². The van der Waals surface area contributed by atoms with Crippen molar-refractivity contribution in [3.8, 4) is 11.5 Å². The van der Waals surface area contributed by atoms with Crippen molar-refractivity contribution in [3.05, 3.63) is 23.8 Å². The molecular weight excluding hydrogens is 276 g/mol. The van der Waals surface area contributed by atoms with Gasteiger partial charge in [-0.3, -0.25) is 4.79 Å². The van der Waals surface area contributed by atoms with Crippen LogP contribution in [0.1, 0.15) is 31.2 Å². The molecule has 0 unspecified atom stereocenters. The smallest absolute Gasteiger partial charge is 0.303 e. The predicted molar refractivity (Wildman–Crippen MR) is 76.5 cm³/mol. The molecule has 6 heteroatoms. The zero-order valence-electron chi connectivity index (χ0n) is 12.3. The molecule has 0 atom stereocenters. The zero-order valence-corrected chi connectivity index (χ0v) is 12.3. The van der Waals surface area contributed by atoms with E-state index < -0.39 is 11.8 Å². The minimum Gasteiger partial charge on any atom is -0.493 e. The van der Waals surface area contributed by atoms with E-state index in [9.17, 15) is 15.0 Å². The molecule has 0 amide bonds. The van der Waals surface area contributed by atoms with Gasteiger partial charge in [0.05, 0.1) is 14.2 Å². The maximum absolute atomic E-state index is 10.4. The molecule has 0 heterocycles. The van der Waals surface area contributed by atoms with E-state index in [4.69, 9.17) is 14.6 Å². The van der Waals surface area contributed by atoms with Crippen LogP contribution in [0.3, 0.4) is 0 Å². The first-order valence-corrected chi connectivity index (χ1v) is 6.75. The molecule has 0 fully saturated rings. The largest absolute Gasteiger partial charge is 0.493 e. The molecular formula is C15H22O6. The monoisotopic (exact) mass is 298 g/mol. The van der Waals surface area contributed by atoms with Gasteiger partial charge in [0.2, 0.25) is 0 Å². The van der Waals surface area contributed by atoms with Crippen LogP contribution in [-0.2, 0) is 11.2 Å². The van der Waals surface area contributed by atoms with Crippen LogP contribution >= 0.6 is 0 Å². The highest BCUT2D eigenvalue weighted by molar-refractivity contribution is 5.66. The maximum atomic E-state index is 10.4. The van der Waals surface area contributed by atoms with Crippen LogP contribution in [0.5, 0.6) is 11.5 Å². The number of aryl methyl sites for hydroxylation is 1. The summed E-state index contributed by atoms with van der Waals surface area (Å²) in [5.41, 5.74) is 0.887. The summed E-state index contributed by atoms with van der Waals surface area (Å²) in [6, 6.07) is 5.37. The van der Waals surface area contributed by atoms with Crippen molar-refractivity contribution in [2.24, 2.45) is 0 Å². The molecule has 0 radical (unpaired) electrons. The maximum Gasteiger partial charge on any atom is 0.303 e. The van der Waals surface area contributed by atoms with Gasteiger partial charge in [0, 0.05) is 19.3 Å². The van der Waals surface area contributed by atoms with Crippen molar-refractivity contribution in [2.75, 3.05) is 14.2 Å². The summed E-state index contributed by atoms with van der Waals surface area (Å²) in [5.74, 6) is -1.60. The molecule has 0 saturated carbocycles. The van der Waals surface area contributed by atoms with E-state index in [0.717, 1.165) is 5.56 Å². The zero-order chi connectivity index (χ0) is 15.9. The Kier molecular flexibility index (Phi) is 6.45. The topological polar surface area (TPSA) is 96.2 Å². The average Bonchev–Trinajstić information content (AvgIpc) is 2.44. The standard InChI is InChI=1S/C15H22O6/c1-20-12-6-5-11(10-13(12)21-2)7-9-15(18,19)8-3-4-14(16)17/h5-6,10,18-19H,3-4,7-9H2,1-2H3,(H,16,17). The minimum absolute atomic E-state index is 0.0343. The molecule has 0 aliphatic carbocycles. The summed E-state index contributed by atoms with van der Waals surface area (Å²) >= 11 is 0. The quantitative estimate of drug-likeness (QED) is 0.599. The van der Waals surface area contributed by atoms with Crippen LogP contribution in [0.2, 0.25) is 0 Å². The summed E-state index contributed by atoms with van der Waals surface area (Å²) in [4.78, 5) is 10.4. The third-order valence-corrected chi connectivity index (χ3v) is 3.23. The van der Waals surface area contributed by atoms with Crippen LogP contribution in [0.15, 0.2) is 18.2 Å². The first-order chi connectivity index (χ1) is 9.88. The van der Waals surface area contributed by atoms with Gasteiger partial charge >= 0.3 is 5.97 Å². The molecule has 6 nitrogen and oxygen atoms in total. The summed E-state index contributed by atoms with van der Waals surface area (Å²) in [7, 11) is 3.09. The average molecular weight is 298 g/mol. The molecule has 0 aliphatic heterocycles. The second-order valence-corrected chi connectivity index (χ2v) is 4.92. The van der Waals surface area contributed by atoms with Crippen LogP contribution < -0.4 is 9.47 Å². The fourth-order valence-electron chi connectivity index (χ4n) is 2.03. The highest BCUT2D eigenvalue weighted by Crippen LogP contribution is 2.29. The van der Waals surface area contributed by atoms with E-state index in [2.05, 4.69) is 0 Å². The van der Waals surface area contributed by atoms with E-state index in [1.807, 2.05) is 6.07 Å². The third kappa shape index (κ3) is 6.01. The van der Waals surface area contributed by atoms with Crippen LogP contribution in [0.4, 0.5) is 0 Å². The number of carboxylic acids is 1. The Hall–Kier alpha value is -1.79. The number of methoxy groups -OCH3 is 2. The van der Waals surface area contributed by atoms with Crippen molar-refractivity contribution in [1.82, 2.24) is 0 Å². The minimum atomic E-state index is -1.86. The van der Waals surface area contributed by atoms with Gasteiger partial charge in [-0.05, 0) is 30.5 Å². The Morgan fingerprint density at radius 2 is 1.81 bits per heavy atom. The molecule has 1 aromatic rings. The Morgan fingerprint density at radius 1 is 1.14 bits per heavy atom. The molecule has 1 rings (SSSR count). The normalized spacial score (nSPS) is 11.2. The number of hydrogen-bond donors (Lipinski definition) is 3. The number of benzene rings is 1. The molecule has 0 spiro atoms. The van der Waals surface area contributed by atoms with Gasteiger partial charge in [-0.1, -0.05) is 6.07 Å². The van der Waals surface area contributed by atoms with E-state index >= 15 is 0 Å². The molecule has 118 valence electrons. The highest BCUT2D eigenvalue weighted by atomic mass is 16.5. The number of hydrogen-bond acceptors (Lipinski definition) is 5. The lowest BCUT2D eigenvalue weighted by Crippen LogP contribution is -2.28. The molecule has 0 aromatic heterocycles. The molecule has 3 N–H and O–H groups in total. The van der Waals surface area contributed by atoms with Gasteiger partial charge in [-0.15, -0.1) is 0 Å². The number of rotatable bonds is 9. The van der Waals surface area contributed by atoms with Crippen LogP contribution in [0.25, 0.3) is 0 Å².